The molecule has 2 aromatic rings. The van der Waals surface area contributed by atoms with Gasteiger partial charge in [-0.15, -0.1) is 0 Å². The Morgan fingerprint density at radius 3 is 2.61 bits per heavy atom. The standard InChI is InChI=1S/C27H31N5O3S/c1-3-18(2)29-24(34)17-36-27-31-21-12-8-7-11-20(21)25-30-22(26(35)32(25)27)13-14-23(33)28-16-15-19-9-5-4-6-10-19/h4-12,18,22H,3,13-17H2,1-2H3,(H,28,33)(H,29,34)/t18-,22+/m0/s1. The maximum Gasteiger partial charge on any atom is 0.259 e. The maximum atomic E-state index is 13.3. The number of thioether (sulfide) groups is 1. The minimum absolute atomic E-state index is 0.0842. The summed E-state index contributed by atoms with van der Waals surface area (Å²) in [6.07, 6.45) is 2.11. The summed E-state index contributed by atoms with van der Waals surface area (Å²) < 4.78 is 0. The van der Waals surface area contributed by atoms with Crippen LogP contribution in [0.5, 0.6) is 0 Å². The fraction of sp³-hybridized carbons (Fsp3) is 0.370. The van der Waals surface area contributed by atoms with Crippen molar-refractivity contribution >= 4 is 46.2 Å². The SMILES string of the molecule is CC[C@H](C)NC(=O)CSC1=Nc2ccccc2C2=N[C@H](CCC(=O)NCCc3ccccc3)C(=O)N12. The summed E-state index contributed by atoms with van der Waals surface area (Å²) in [6.45, 7) is 4.51. The summed E-state index contributed by atoms with van der Waals surface area (Å²) in [4.78, 5) is 48.9. The van der Waals surface area contributed by atoms with Gasteiger partial charge in [0, 0.05) is 24.6 Å². The van der Waals surface area contributed by atoms with Gasteiger partial charge >= 0.3 is 0 Å². The van der Waals surface area contributed by atoms with Crippen molar-refractivity contribution in [3.8, 4) is 0 Å². The number of benzene rings is 2. The summed E-state index contributed by atoms with van der Waals surface area (Å²) in [5.41, 5.74) is 2.64. The van der Waals surface area contributed by atoms with Gasteiger partial charge in [0.1, 0.15) is 11.9 Å². The van der Waals surface area contributed by atoms with E-state index in [2.05, 4.69) is 20.6 Å². The Morgan fingerprint density at radius 2 is 1.83 bits per heavy atom. The first-order chi connectivity index (χ1) is 17.5. The van der Waals surface area contributed by atoms with Gasteiger partial charge in [-0.3, -0.25) is 19.4 Å². The molecule has 2 atom stereocenters. The molecule has 9 heteroatoms. The van der Waals surface area contributed by atoms with Crippen LogP contribution in [0, 0.1) is 0 Å². The van der Waals surface area contributed by atoms with Crippen LogP contribution >= 0.6 is 11.8 Å². The van der Waals surface area contributed by atoms with Crippen LogP contribution in [-0.4, -0.2) is 58.0 Å². The van der Waals surface area contributed by atoms with Crippen LogP contribution in [0.15, 0.2) is 64.6 Å². The van der Waals surface area contributed by atoms with E-state index in [1.807, 2.05) is 68.4 Å². The molecular weight excluding hydrogens is 474 g/mol. The predicted molar refractivity (Wildman–Crippen MR) is 143 cm³/mol. The van der Waals surface area contributed by atoms with Gasteiger partial charge < -0.3 is 10.6 Å². The van der Waals surface area contributed by atoms with Crippen LogP contribution in [-0.2, 0) is 20.8 Å². The van der Waals surface area contributed by atoms with E-state index in [1.165, 1.54) is 16.7 Å². The summed E-state index contributed by atoms with van der Waals surface area (Å²) in [7, 11) is 0. The van der Waals surface area contributed by atoms with Crippen LogP contribution in [0.1, 0.15) is 44.2 Å². The van der Waals surface area contributed by atoms with Crippen molar-refractivity contribution in [2.24, 2.45) is 9.98 Å². The number of aliphatic imine (C=N–C) groups is 2. The summed E-state index contributed by atoms with van der Waals surface area (Å²) in [5, 5.41) is 6.30. The molecule has 2 N–H and O–H groups in total. The van der Waals surface area contributed by atoms with Crippen molar-refractivity contribution < 1.29 is 14.4 Å². The zero-order chi connectivity index (χ0) is 25.5. The molecule has 0 fully saturated rings. The molecule has 4 rings (SSSR count). The molecule has 0 saturated heterocycles. The van der Waals surface area contributed by atoms with Gasteiger partial charge in [-0.25, -0.2) is 9.89 Å². The number of carbonyl (C=O) groups is 3. The van der Waals surface area contributed by atoms with Crippen molar-refractivity contribution in [2.75, 3.05) is 12.3 Å². The fourth-order valence-electron chi connectivity index (χ4n) is 3.98. The lowest BCUT2D eigenvalue weighted by molar-refractivity contribution is -0.125. The molecule has 0 aromatic heterocycles. The minimum atomic E-state index is -0.661. The van der Waals surface area contributed by atoms with Crippen LogP contribution in [0.25, 0.3) is 0 Å². The number of para-hydroxylation sites is 1. The molecule has 0 saturated carbocycles. The van der Waals surface area contributed by atoms with Gasteiger partial charge in [0.25, 0.3) is 5.91 Å². The van der Waals surface area contributed by atoms with E-state index >= 15 is 0 Å². The minimum Gasteiger partial charge on any atom is -0.356 e. The third-order valence-corrected chi connectivity index (χ3v) is 7.06. The molecule has 188 valence electrons. The molecule has 3 amide bonds. The van der Waals surface area contributed by atoms with Crippen LogP contribution in [0.2, 0.25) is 0 Å². The highest BCUT2D eigenvalue weighted by Gasteiger charge is 2.41. The molecule has 36 heavy (non-hydrogen) atoms. The number of carbonyl (C=O) groups excluding carboxylic acids is 3. The van der Waals surface area contributed by atoms with E-state index < -0.39 is 6.04 Å². The number of amidine groups is 2. The number of hydrogen-bond acceptors (Lipinski definition) is 6. The number of rotatable bonds is 10. The highest BCUT2D eigenvalue weighted by molar-refractivity contribution is 8.14. The predicted octanol–water partition coefficient (Wildman–Crippen LogP) is 3.43. The lowest BCUT2D eigenvalue weighted by Gasteiger charge is -2.25. The Balaban J connectivity index is 1.38. The van der Waals surface area contributed by atoms with Crippen molar-refractivity contribution in [2.45, 2.75) is 51.6 Å². The van der Waals surface area contributed by atoms with E-state index in [1.54, 1.807) is 0 Å². The first-order valence-electron chi connectivity index (χ1n) is 12.3. The number of nitrogens with zero attached hydrogens (tertiary/aromatic N) is 3. The smallest absolute Gasteiger partial charge is 0.259 e. The van der Waals surface area contributed by atoms with Gasteiger partial charge in [-0.05, 0) is 43.9 Å². The molecule has 2 aliphatic heterocycles. The van der Waals surface area contributed by atoms with Crippen molar-refractivity contribution in [1.82, 2.24) is 15.5 Å². The molecule has 0 spiro atoms. The Kier molecular flexibility index (Phi) is 8.53. The van der Waals surface area contributed by atoms with Crippen molar-refractivity contribution in [3.05, 3.63) is 65.7 Å². The number of fused-ring (bicyclic) bond motifs is 3. The topological polar surface area (TPSA) is 103 Å². The highest BCUT2D eigenvalue weighted by Crippen LogP contribution is 2.34. The molecule has 0 aliphatic carbocycles. The lowest BCUT2D eigenvalue weighted by Crippen LogP contribution is -2.42. The summed E-state index contributed by atoms with van der Waals surface area (Å²) in [5.74, 6) is 0.255. The van der Waals surface area contributed by atoms with E-state index in [9.17, 15) is 14.4 Å². The monoisotopic (exact) mass is 505 g/mol. The third-order valence-electron chi connectivity index (χ3n) is 6.12. The van der Waals surface area contributed by atoms with Crippen LogP contribution in [0.4, 0.5) is 5.69 Å². The molecule has 0 bridgehead atoms. The van der Waals surface area contributed by atoms with Crippen molar-refractivity contribution in [1.29, 1.82) is 0 Å². The van der Waals surface area contributed by atoms with E-state index in [4.69, 9.17) is 0 Å². The number of nitrogens with one attached hydrogen (secondary N) is 2. The molecule has 2 aromatic carbocycles. The normalized spacial score (nSPS) is 17.0. The molecule has 8 nitrogen and oxygen atoms in total. The first kappa shape index (κ1) is 25.6. The second-order valence-corrected chi connectivity index (χ2v) is 9.79. The Bertz CT molecular complexity index is 1180. The zero-order valence-electron chi connectivity index (χ0n) is 20.6. The van der Waals surface area contributed by atoms with Crippen molar-refractivity contribution in [3.63, 3.8) is 0 Å². The number of hydrogen-bond donors (Lipinski definition) is 2. The molecular formula is C27H31N5O3S. The maximum absolute atomic E-state index is 13.3. The largest absolute Gasteiger partial charge is 0.356 e. The second kappa shape index (κ2) is 12.0. The second-order valence-electron chi connectivity index (χ2n) is 8.84. The van der Waals surface area contributed by atoms with Gasteiger partial charge in [0.05, 0.1) is 11.4 Å². The number of amides is 3. The van der Waals surface area contributed by atoms with Gasteiger partial charge in [-0.2, -0.15) is 0 Å². The first-order valence-corrected chi connectivity index (χ1v) is 13.3. The fourth-order valence-corrected chi connectivity index (χ4v) is 4.79. The lowest BCUT2D eigenvalue weighted by atomic mass is 10.1. The summed E-state index contributed by atoms with van der Waals surface area (Å²) in [6, 6.07) is 16.9. The Labute approximate surface area is 215 Å². The third kappa shape index (κ3) is 6.20. The Hall–Kier alpha value is -3.46. The van der Waals surface area contributed by atoms with Gasteiger partial charge in [0.15, 0.2) is 5.17 Å². The molecule has 2 heterocycles. The average Bonchev–Trinajstić information content (AvgIpc) is 3.23. The highest BCUT2D eigenvalue weighted by atomic mass is 32.2. The van der Waals surface area contributed by atoms with Gasteiger partial charge in [-0.1, -0.05) is 61.2 Å². The van der Waals surface area contributed by atoms with E-state index in [0.29, 0.717) is 29.7 Å². The zero-order valence-corrected chi connectivity index (χ0v) is 21.4. The molecule has 0 unspecified atom stereocenters. The molecule has 0 radical (unpaired) electrons. The van der Waals surface area contributed by atoms with Gasteiger partial charge in [0.2, 0.25) is 11.8 Å². The van der Waals surface area contributed by atoms with E-state index in [-0.39, 0.29) is 35.9 Å². The summed E-state index contributed by atoms with van der Waals surface area (Å²) >= 11 is 1.22. The quantitative estimate of drug-likeness (QED) is 0.516. The van der Waals surface area contributed by atoms with Crippen LogP contribution in [0.3, 0.4) is 0 Å². The Morgan fingerprint density at radius 1 is 1.08 bits per heavy atom. The molecule has 2 aliphatic rings. The van der Waals surface area contributed by atoms with E-state index in [0.717, 1.165) is 24.0 Å². The van der Waals surface area contributed by atoms with Crippen LogP contribution < -0.4 is 10.6 Å². The average molecular weight is 506 g/mol.